The van der Waals surface area contributed by atoms with Crippen molar-refractivity contribution in [2.24, 2.45) is 17.6 Å². The van der Waals surface area contributed by atoms with Gasteiger partial charge in [-0.2, -0.15) is 0 Å². The average Bonchev–Trinajstić information content (AvgIpc) is 2.37. The van der Waals surface area contributed by atoms with Gasteiger partial charge in [0.15, 0.2) is 0 Å². The van der Waals surface area contributed by atoms with Gasteiger partial charge >= 0.3 is 0 Å². The van der Waals surface area contributed by atoms with Gasteiger partial charge < -0.3 is 5.73 Å². The molecule has 0 aromatic heterocycles. The van der Waals surface area contributed by atoms with Gasteiger partial charge in [-0.25, -0.2) is 0 Å². The molecule has 1 fully saturated rings. The van der Waals surface area contributed by atoms with Crippen LogP contribution < -0.4 is 5.73 Å². The summed E-state index contributed by atoms with van der Waals surface area (Å²) < 4.78 is 0. The molecule has 0 bridgehead atoms. The molecule has 0 radical (unpaired) electrons. The third kappa shape index (κ3) is 2.96. The van der Waals surface area contributed by atoms with Crippen LogP contribution >= 0.6 is 0 Å². The quantitative estimate of drug-likeness (QED) is 0.749. The number of likely N-dealkylation sites (tertiary alicyclic amines) is 1. The van der Waals surface area contributed by atoms with Gasteiger partial charge in [0, 0.05) is 12.1 Å². The monoisotopic (exact) mass is 198 g/mol. The standard InChI is InChI=1S/C12H26N2/c1-10(2)5-6-14-9-11(8-13)7-12(14,3)4/h10-11H,5-9,13H2,1-4H3. The number of hydrogen-bond acceptors (Lipinski definition) is 2. The lowest BCUT2D eigenvalue weighted by Gasteiger charge is -2.31. The van der Waals surface area contributed by atoms with E-state index in [0.29, 0.717) is 5.54 Å². The molecular weight excluding hydrogens is 172 g/mol. The molecule has 1 rings (SSSR count). The average molecular weight is 198 g/mol. The van der Waals surface area contributed by atoms with Crippen molar-refractivity contribution in [3.8, 4) is 0 Å². The number of hydrogen-bond donors (Lipinski definition) is 1. The molecule has 2 nitrogen and oxygen atoms in total. The van der Waals surface area contributed by atoms with Crippen LogP contribution in [0.2, 0.25) is 0 Å². The third-order valence-electron chi connectivity index (χ3n) is 3.43. The van der Waals surface area contributed by atoms with Crippen LogP contribution in [0.1, 0.15) is 40.5 Å². The van der Waals surface area contributed by atoms with Crippen LogP contribution in [0, 0.1) is 11.8 Å². The first-order valence-corrected chi connectivity index (χ1v) is 5.91. The molecule has 2 heteroatoms. The summed E-state index contributed by atoms with van der Waals surface area (Å²) in [6.45, 7) is 12.6. The predicted octanol–water partition coefficient (Wildman–Crippen LogP) is 2.09. The fraction of sp³-hybridized carbons (Fsp3) is 1.00. The number of nitrogens with two attached hydrogens (primary N) is 1. The third-order valence-corrected chi connectivity index (χ3v) is 3.43. The first-order chi connectivity index (χ1) is 6.45. The van der Waals surface area contributed by atoms with Crippen molar-refractivity contribution in [2.45, 2.75) is 46.1 Å². The van der Waals surface area contributed by atoms with E-state index in [4.69, 9.17) is 5.73 Å². The minimum absolute atomic E-state index is 0.374. The fourth-order valence-electron chi connectivity index (χ4n) is 2.42. The molecule has 0 aromatic carbocycles. The molecule has 0 aromatic rings. The summed E-state index contributed by atoms with van der Waals surface area (Å²) in [6.07, 6.45) is 2.57. The molecule has 14 heavy (non-hydrogen) atoms. The fourth-order valence-corrected chi connectivity index (χ4v) is 2.42. The predicted molar refractivity (Wildman–Crippen MR) is 62.3 cm³/mol. The molecule has 1 atom stereocenters. The van der Waals surface area contributed by atoms with E-state index >= 15 is 0 Å². The highest BCUT2D eigenvalue weighted by atomic mass is 15.2. The first kappa shape index (κ1) is 12.0. The van der Waals surface area contributed by atoms with Gasteiger partial charge in [0.1, 0.15) is 0 Å². The Hall–Kier alpha value is -0.0800. The van der Waals surface area contributed by atoms with Crippen molar-refractivity contribution in [1.82, 2.24) is 4.90 Å². The first-order valence-electron chi connectivity index (χ1n) is 5.91. The summed E-state index contributed by atoms with van der Waals surface area (Å²) in [5.41, 5.74) is 6.12. The van der Waals surface area contributed by atoms with Gasteiger partial charge in [0.05, 0.1) is 0 Å². The summed E-state index contributed by atoms with van der Waals surface area (Å²) in [7, 11) is 0. The molecule has 1 unspecified atom stereocenters. The smallest absolute Gasteiger partial charge is 0.0156 e. The zero-order valence-electron chi connectivity index (χ0n) is 10.2. The second kappa shape index (κ2) is 4.63. The van der Waals surface area contributed by atoms with E-state index in [9.17, 15) is 0 Å². The highest BCUT2D eigenvalue weighted by Gasteiger charge is 2.36. The molecule has 1 heterocycles. The minimum Gasteiger partial charge on any atom is -0.330 e. The second-order valence-corrected chi connectivity index (χ2v) is 5.75. The van der Waals surface area contributed by atoms with E-state index in [1.165, 1.54) is 25.9 Å². The highest BCUT2D eigenvalue weighted by molar-refractivity contribution is 4.92. The Labute approximate surface area is 88.8 Å². The molecule has 1 saturated heterocycles. The van der Waals surface area contributed by atoms with E-state index in [0.717, 1.165) is 18.4 Å². The maximum Gasteiger partial charge on any atom is 0.0156 e. The second-order valence-electron chi connectivity index (χ2n) is 5.75. The van der Waals surface area contributed by atoms with E-state index < -0.39 is 0 Å². The van der Waals surface area contributed by atoms with E-state index in [2.05, 4.69) is 32.6 Å². The van der Waals surface area contributed by atoms with Crippen LogP contribution in [0.25, 0.3) is 0 Å². The lowest BCUT2D eigenvalue weighted by atomic mass is 9.96. The maximum atomic E-state index is 5.75. The van der Waals surface area contributed by atoms with Crippen LogP contribution in [0.15, 0.2) is 0 Å². The highest BCUT2D eigenvalue weighted by Crippen LogP contribution is 2.32. The molecule has 0 aliphatic carbocycles. The van der Waals surface area contributed by atoms with Crippen molar-refractivity contribution in [3.05, 3.63) is 0 Å². The Balaban J connectivity index is 2.44. The van der Waals surface area contributed by atoms with Crippen molar-refractivity contribution in [1.29, 1.82) is 0 Å². The molecule has 0 spiro atoms. The molecule has 0 saturated carbocycles. The van der Waals surface area contributed by atoms with Gasteiger partial charge in [-0.1, -0.05) is 13.8 Å². The topological polar surface area (TPSA) is 29.3 Å². The lowest BCUT2D eigenvalue weighted by Crippen LogP contribution is -2.39. The number of rotatable bonds is 4. The van der Waals surface area contributed by atoms with E-state index in [1.807, 2.05) is 0 Å². The van der Waals surface area contributed by atoms with E-state index in [-0.39, 0.29) is 0 Å². The molecule has 84 valence electrons. The summed E-state index contributed by atoms with van der Waals surface area (Å²) >= 11 is 0. The van der Waals surface area contributed by atoms with Crippen molar-refractivity contribution >= 4 is 0 Å². The van der Waals surface area contributed by atoms with Gasteiger partial charge in [0.25, 0.3) is 0 Å². The number of nitrogens with zero attached hydrogens (tertiary/aromatic N) is 1. The van der Waals surface area contributed by atoms with Crippen LogP contribution in [-0.2, 0) is 0 Å². The summed E-state index contributed by atoms with van der Waals surface area (Å²) in [5, 5.41) is 0. The summed E-state index contributed by atoms with van der Waals surface area (Å²) in [4.78, 5) is 2.62. The van der Waals surface area contributed by atoms with Crippen LogP contribution in [0.5, 0.6) is 0 Å². The van der Waals surface area contributed by atoms with Crippen LogP contribution in [0.3, 0.4) is 0 Å². The van der Waals surface area contributed by atoms with Gasteiger partial charge in [-0.3, -0.25) is 4.90 Å². The van der Waals surface area contributed by atoms with Crippen molar-refractivity contribution < 1.29 is 0 Å². The van der Waals surface area contributed by atoms with Crippen LogP contribution in [0.4, 0.5) is 0 Å². The summed E-state index contributed by atoms with van der Waals surface area (Å²) in [5.74, 6) is 1.53. The maximum absolute atomic E-state index is 5.75. The Morgan fingerprint density at radius 3 is 2.50 bits per heavy atom. The normalized spacial score (nSPS) is 27.4. The SMILES string of the molecule is CC(C)CCN1CC(CN)CC1(C)C. The van der Waals surface area contributed by atoms with Crippen molar-refractivity contribution in [2.75, 3.05) is 19.6 Å². The lowest BCUT2D eigenvalue weighted by molar-refractivity contribution is 0.166. The summed E-state index contributed by atoms with van der Waals surface area (Å²) in [6, 6.07) is 0. The molecule has 1 aliphatic rings. The van der Waals surface area contributed by atoms with E-state index in [1.54, 1.807) is 0 Å². The Kier molecular flexibility index (Phi) is 3.96. The van der Waals surface area contributed by atoms with Crippen molar-refractivity contribution in [3.63, 3.8) is 0 Å². The van der Waals surface area contributed by atoms with Crippen LogP contribution in [-0.4, -0.2) is 30.1 Å². The molecule has 1 aliphatic heterocycles. The zero-order chi connectivity index (χ0) is 10.8. The zero-order valence-corrected chi connectivity index (χ0v) is 10.2. The largest absolute Gasteiger partial charge is 0.330 e. The van der Waals surface area contributed by atoms with Gasteiger partial charge in [0.2, 0.25) is 0 Å². The Bertz CT molecular complexity index is 175. The molecular formula is C12H26N2. The Morgan fingerprint density at radius 2 is 2.07 bits per heavy atom. The molecule has 2 N–H and O–H groups in total. The minimum atomic E-state index is 0.374. The van der Waals surface area contributed by atoms with Gasteiger partial charge in [-0.05, 0) is 51.6 Å². The Morgan fingerprint density at radius 1 is 1.43 bits per heavy atom. The van der Waals surface area contributed by atoms with Gasteiger partial charge in [-0.15, -0.1) is 0 Å². The molecule has 0 amide bonds.